The molecule has 1 aliphatic rings. The second-order valence-electron chi connectivity index (χ2n) is 8.76. The smallest absolute Gasteiger partial charge is 0.342 e. The number of anilines is 1. The first kappa shape index (κ1) is 23.7. The third-order valence-electron chi connectivity index (χ3n) is 6.37. The molecule has 9 heteroatoms. The Kier molecular flexibility index (Phi) is 6.81. The van der Waals surface area contributed by atoms with Crippen molar-refractivity contribution in [2.75, 3.05) is 5.32 Å². The molecule has 2 aromatic carbocycles. The molecule has 2 amide bonds. The number of nitrogens with one attached hydrogen (secondary N) is 2. The van der Waals surface area contributed by atoms with E-state index in [-0.39, 0.29) is 29.9 Å². The van der Waals surface area contributed by atoms with Crippen molar-refractivity contribution in [3.05, 3.63) is 88.0 Å². The Morgan fingerprint density at radius 2 is 1.89 bits per heavy atom. The molecule has 184 valence electrons. The van der Waals surface area contributed by atoms with Gasteiger partial charge >= 0.3 is 6.03 Å². The molecular formula is C27H25FN4O3S. The molecule has 3 N–H and O–H groups in total. The zero-order valence-corrected chi connectivity index (χ0v) is 20.2. The van der Waals surface area contributed by atoms with Crippen LogP contribution in [0.15, 0.2) is 66.0 Å². The highest BCUT2D eigenvalue weighted by atomic mass is 32.1. The Balaban J connectivity index is 1.43. The van der Waals surface area contributed by atoms with Gasteiger partial charge in [0.2, 0.25) is 0 Å². The third kappa shape index (κ3) is 5.01. The van der Waals surface area contributed by atoms with Gasteiger partial charge in [-0.1, -0.05) is 37.1 Å². The number of benzene rings is 2. The van der Waals surface area contributed by atoms with E-state index < -0.39 is 6.03 Å². The third-order valence-corrected chi connectivity index (χ3v) is 7.23. The van der Waals surface area contributed by atoms with Crippen LogP contribution in [0.25, 0.3) is 11.3 Å². The van der Waals surface area contributed by atoms with Gasteiger partial charge in [-0.25, -0.2) is 9.18 Å². The van der Waals surface area contributed by atoms with Crippen LogP contribution in [0.3, 0.4) is 0 Å². The summed E-state index contributed by atoms with van der Waals surface area (Å²) in [5.74, 6) is -0.486. The summed E-state index contributed by atoms with van der Waals surface area (Å²) in [6.45, 7) is 0.0281. The van der Waals surface area contributed by atoms with Gasteiger partial charge in [-0.05, 0) is 54.6 Å². The summed E-state index contributed by atoms with van der Waals surface area (Å²) in [7, 11) is 0. The normalized spacial score (nSPS) is 13.6. The molecule has 1 aliphatic carbocycles. The number of thiophene rings is 1. The minimum Gasteiger partial charge on any atom is -0.507 e. The summed E-state index contributed by atoms with van der Waals surface area (Å²) < 4.78 is 15.3. The number of carbonyl (C=O) groups excluding carboxylic acids is 2. The molecule has 7 nitrogen and oxygen atoms in total. The highest BCUT2D eigenvalue weighted by molar-refractivity contribution is 7.12. The van der Waals surface area contributed by atoms with E-state index in [1.54, 1.807) is 42.5 Å². The number of phenols is 1. The number of phenolic OH excluding ortho intramolecular Hbond substituents is 1. The Bertz CT molecular complexity index is 1390. The fourth-order valence-corrected chi connectivity index (χ4v) is 5.13. The molecule has 0 bridgehead atoms. The summed E-state index contributed by atoms with van der Waals surface area (Å²) in [4.78, 5) is 26.2. The second kappa shape index (κ2) is 10.3. The standard InChI is InChI=1S/C27H25FN4O3S/c28-21-9-4-3-8-18(21)16-29-27(35)32-23(17-6-1-2-7-17)15-22(31-32)20-14-19(11-12-24(20)33)30-26(34)25-10-5-13-36-25/h3-5,8-15,17,33H,1-2,6-7,16H2,(H,29,35)(H,30,34). The molecule has 0 spiro atoms. The zero-order valence-electron chi connectivity index (χ0n) is 19.4. The van der Waals surface area contributed by atoms with Crippen molar-refractivity contribution in [3.63, 3.8) is 0 Å². The van der Waals surface area contributed by atoms with Crippen LogP contribution < -0.4 is 10.6 Å². The number of hydrogen-bond acceptors (Lipinski definition) is 5. The SMILES string of the molecule is O=C(Nc1ccc(O)c(-c2cc(C3CCCC3)n(C(=O)NCc3ccccc3F)n2)c1)c1cccs1. The van der Waals surface area contributed by atoms with E-state index in [0.29, 0.717) is 27.4 Å². The fourth-order valence-electron chi connectivity index (χ4n) is 4.51. The van der Waals surface area contributed by atoms with Gasteiger partial charge in [0, 0.05) is 29.3 Å². The van der Waals surface area contributed by atoms with Crippen LogP contribution in [-0.4, -0.2) is 26.8 Å². The van der Waals surface area contributed by atoms with Crippen molar-refractivity contribution < 1.29 is 19.1 Å². The first-order valence-corrected chi connectivity index (χ1v) is 12.7. The first-order valence-electron chi connectivity index (χ1n) is 11.8. The maximum atomic E-state index is 14.0. The van der Waals surface area contributed by atoms with E-state index in [1.165, 1.54) is 28.2 Å². The lowest BCUT2D eigenvalue weighted by atomic mass is 10.0. The molecule has 0 atom stereocenters. The van der Waals surface area contributed by atoms with Crippen molar-refractivity contribution in [1.82, 2.24) is 15.1 Å². The quantitative estimate of drug-likeness (QED) is 0.276. The van der Waals surface area contributed by atoms with Gasteiger partial charge in [-0.2, -0.15) is 9.78 Å². The number of halogens is 1. The highest BCUT2D eigenvalue weighted by Crippen LogP contribution is 2.38. The van der Waals surface area contributed by atoms with Crippen LogP contribution in [0.4, 0.5) is 14.9 Å². The first-order chi connectivity index (χ1) is 17.5. The predicted molar refractivity (Wildman–Crippen MR) is 137 cm³/mol. The fraction of sp³-hybridized carbons (Fsp3) is 0.222. The Morgan fingerprint density at radius 3 is 2.64 bits per heavy atom. The predicted octanol–water partition coefficient (Wildman–Crippen LogP) is 6.12. The van der Waals surface area contributed by atoms with Crippen molar-refractivity contribution in [1.29, 1.82) is 0 Å². The maximum absolute atomic E-state index is 14.0. The maximum Gasteiger partial charge on any atom is 0.342 e. The lowest BCUT2D eigenvalue weighted by Gasteiger charge is -2.12. The molecular weight excluding hydrogens is 479 g/mol. The van der Waals surface area contributed by atoms with E-state index in [1.807, 2.05) is 11.4 Å². The Morgan fingerprint density at radius 1 is 1.08 bits per heavy atom. The molecule has 2 aromatic heterocycles. The Hall–Kier alpha value is -3.98. The molecule has 0 radical (unpaired) electrons. The number of amides is 2. The van der Waals surface area contributed by atoms with Gasteiger partial charge in [-0.15, -0.1) is 11.3 Å². The van der Waals surface area contributed by atoms with Crippen molar-refractivity contribution in [3.8, 4) is 17.0 Å². The summed E-state index contributed by atoms with van der Waals surface area (Å²) in [6, 6.07) is 15.9. The molecule has 2 heterocycles. The van der Waals surface area contributed by atoms with Crippen molar-refractivity contribution in [2.24, 2.45) is 0 Å². The van der Waals surface area contributed by atoms with Gasteiger partial charge in [0.25, 0.3) is 5.91 Å². The summed E-state index contributed by atoms with van der Waals surface area (Å²) in [6.07, 6.45) is 4.01. The number of carbonyl (C=O) groups is 2. The van der Waals surface area contributed by atoms with Gasteiger partial charge < -0.3 is 15.7 Å². The van der Waals surface area contributed by atoms with Crippen molar-refractivity contribution in [2.45, 2.75) is 38.1 Å². The van der Waals surface area contributed by atoms with Crippen LogP contribution >= 0.6 is 11.3 Å². The topological polar surface area (TPSA) is 96.2 Å². The van der Waals surface area contributed by atoms with Gasteiger partial charge in [-0.3, -0.25) is 4.79 Å². The van der Waals surface area contributed by atoms with Gasteiger partial charge in [0.05, 0.1) is 16.3 Å². The van der Waals surface area contributed by atoms with Crippen LogP contribution in [-0.2, 0) is 6.54 Å². The van der Waals surface area contributed by atoms with E-state index in [9.17, 15) is 19.1 Å². The number of rotatable bonds is 6. The van der Waals surface area contributed by atoms with Crippen molar-refractivity contribution >= 4 is 29.0 Å². The average Bonchev–Trinajstić information content (AvgIpc) is 3.66. The summed E-state index contributed by atoms with van der Waals surface area (Å²) in [5.41, 5.74) is 2.46. The number of nitrogens with zero attached hydrogens (tertiary/aromatic N) is 2. The van der Waals surface area contributed by atoms with Gasteiger partial charge in [0.15, 0.2) is 0 Å². The van der Waals surface area contributed by atoms with Crippen LogP contribution in [0.1, 0.15) is 52.5 Å². The number of aromatic hydroxyl groups is 1. The van der Waals surface area contributed by atoms with E-state index >= 15 is 0 Å². The molecule has 0 saturated heterocycles. The molecule has 5 rings (SSSR count). The van der Waals surface area contributed by atoms with E-state index in [4.69, 9.17) is 0 Å². The molecule has 36 heavy (non-hydrogen) atoms. The van der Waals surface area contributed by atoms with Crippen LogP contribution in [0, 0.1) is 5.82 Å². The van der Waals surface area contributed by atoms with E-state index in [2.05, 4.69) is 15.7 Å². The highest BCUT2D eigenvalue weighted by Gasteiger charge is 2.26. The monoisotopic (exact) mass is 504 g/mol. The molecule has 1 saturated carbocycles. The minimum atomic E-state index is -0.465. The molecule has 1 fully saturated rings. The van der Waals surface area contributed by atoms with Crippen LogP contribution in [0.5, 0.6) is 5.75 Å². The van der Waals surface area contributed by atoms with E-state index in [0.717, 1.165) is 31.4 Å². The lowest BCUT2D eigenvalue weighted by Crippen LogP contribution is -2.31. The number of hydrogen-bond donors (Lipinski definition) is 3. The average molecular weight is 505 g/mol. The molecule has 0 aliphatic heterocycles. The minimum absolute atomic E-state index is 0.0153. The second-order valence-corrected chi connectivity index (χ2v) is 9.71. The number of aromatic nitrogens is 2. The zero-order chi connectivity index (χ0) is 25.1. The van der Waals surface area contributed by atoms with Crippen LogP contribution in [0.2, 0.25) is 0 Å². The largest absolute Gasteiger partial charge is 0.507 e. The molecule has 0 unspecified atom stereocenters. The summed E-state index contributed by atoms with van der Waals surface area (Å²) in [5, 5.41) is 22.5. The Labute approximate surface area is 211 Å². The summed E-state index contributed by atoms with van der Waals surface area (Å²) >= 11 is 1.34. The lowest BCUT2D eigenvalue weighted by molar-refractivity contribution is 0.103. The van der Waals surface area contributed by atoms with Gasteiger partial charge in [0.1, 0.15) is 11.6 Å². The molecule has 4 aromatic rings.